The molecule has 1 aromatic carbocycles. The summed E-state index contributed by atoms with van der Waals surface area (Å²) < 4.78 is 5.24. The minimum atomic E-state index is -0.703. The Bertz CT molecular complexity index is 676. The van der Waals surface area contributed by atoms with Crippen LogP contribution in [0.1, 0.15) is 36.8 Å². The molecule has 1 atom stereocenters. The minimum absolute atomic E-state index is 0.185. The van der Waals surface area contributed by atoms with Crippen molar-refractivity contribution < 1.29 is 14.3 Å². The first-order valence-corrected chi connectivity index (χ1v) is 8.48. The number of benzene rings is 1. The first-order chi connectivity index (χ1) is 11.7. The van der Waals surface area contributed by atoms with E-state index in [0.717, 1.165) is 37.9 Å². The molecule has 126 valence electrons. The predicted octanol–water partition coefficient (Wildman–Crippen LogP) is 4.04. The fourth-order valence-electron chi connectivity index (χ4n) is 3.43. The summed E-state index contributed by atoms with van der Waals surface area (Å²) in [5, 5.41) is 9.03. The van der Waals surface area contributed by atoms with Gasteiger partial charge in [-0.25, -0.2) is 0 Å². The predicted molar refractivity (Wildman–Crippen MR) is 93.7 cm³/mol. The number of hydrogen-bond donors (Lipinski definition) is 1. The molecule has 1 aliphatic rings. The lowest BCUT2D eigenvalue weighted by atomic mass is 9.99. The summed E-state index contributed by atoms with van der Waals surface area (Å²) in [6.45, 7) is 1.89. The molecule has 4 heteroatoms. The highest BCUT2D eigenvalue weighted by atomic mass is 16.4. The SMILES string of the molecule is O=C(O)C[C@@H]1CCCN1CCC=C(c1ccccc1)c1ccoc1. The lowest BCUT2D eigenvalue weighted by molar-refractivity contribution is -0.138. The Labute approximate surface area is 142 Å². The molecule has 1 N–H and O–H groups in total. The average molecular weight is 325 g/mol. The van der Waals surface area contributed by atoms with E-state index in [0.29, 0.717) is 0 Å². The summed E-state index contributed by atoms with van der Waals surface area (Å²) in [4.78, 5) is 13.3. The summed E-state index contributed by atoms with van der Waals surface area (Å²) in [6, 6.07) is 12.4. The number of carbonyl (C=O) groups is 1. The number of furan rings is 1. The van der Waals surface area contributed by atoms with Crippen LogP contribution in [0.3, 0.4) is 0 Å². The van der Waals surface area contributed by atoms with Gasteiger partial charge >= 0.3 is 5.97 Å². The van der Waals surface area contributed by atoms with Crippen molar-refractivity contribution in [2.45, 2.75) is 31.7 Å². The Hall–Kier alpha value is -2.33. The molecular weight excluding hydrogens is 302 g/mol. The van der Waals surface area contributed by atoms with E-state index in [-0.39, 0.29) is 12.5 Å². The highest BCUT2D eigenvalue weighted by molar-refractivity contribution is 5.79. The van der Waals surface area contributed by atoms with Crippen molar-refractivity contribution in [1.29, 1.82) is 0 Å². The highest BCUT2D eigenvalue weighted by Crippen LogP contribution is 2.25. The molecule has 0 spiro atoms. The van der Waals surface area contributed by atoms with Crippen molar-refractivity contribution in [3.8, 4) is 0 Å². The van der Waals surface area contributed by atoms with Crippen molar-refractivity contribution in [2.75, 3.05) is 13.1 Å². The van der Waals surface area contributed by atoms with Gasteiger partial charge in [-0.3, -0.25) is 9.69 Å². The molecule has 0 amide bonds. The zero-order chi connectivity index (χ0) is 16.8. The molecule has 0 bridgehead atoms. The maximum Gasteiger partial charge on any atom is 0.304 e. The molecule has 3 rings (SSSR count). The van der Waals surface area contributed by atoms with Gasteiger partial charge in [0, 0.05) is 18.2 Å². The van der Waals surface area contributed by atoms with Gasteiger partial charge < -0.3 is 9.52 Å². The van der Waals surface area contributed by atoms with Crippen LogP contribution in [0.25, 0.3) is 5.57 Å². The fourth-order valence-corrected chi connectivity index (χ4v) is 3.43. The van der Waals surface area contributed by atoms with E-state index >= 15 is 0 Å². The quantitative estimate of drug-likeness (QED) is 0.835. The zero-order valence-corrected chi connectivity index (χ0v) is 13.7. The van der Waals surface area contributed by atoms with Gasteiger partial charge in [-0.2, -0.15) is 0 Å². The van der Waals surface area contributed by atoms with Crippen LogP contribution in [0, 0.1) is 0 Å². The first-order valence-electron chi connectivity index (χ1n) is 8.48. The molecule has 0 unspecified atom stereocenters. The van der Waals surface area contributed by atoms with E-state index < -0.39 is 5.97 Å². The molecule has 4 nitrogen and oxygen atoms in total. The van der Waals surface area contributed by atoms with Gasteiger partial charge in [0.05, 0.1) is 18.9 Å². The third kappa shape index (κ3) is 4.15. The van der Waals surface area contributed by atoms with Crippen LogP contribution in [0.15, 0.2) is 59.4 Å². The van der Waals surface area contributed by atoms with Gasteiger partial charge in [-0.05, 0) is 43.0 Å². The molecular formula is C20H23NO3. The van der Waals surface area contributed by atoms with Gasteiger partial charge in [-0.15, -0.1) is 0 Å². The van der Waals surface area contributed by atoms with E-state index in [4.69, 9.17) is 9.52 Å². The van der Waals surface area contributed by atoms with Crippen LogP contribution in [-0.4, -0.2) is 35.1 Å². The maximum atomic E-state index is 11.0. The summed E-state index contributed by atoms with van der Waals surface area (Å²) >= 11 is 0. The molecule has 24 heavy (non-hydrogen) atoms. The number of rotatable bonds is 7. The minimum Gasteiger partial charge on any atom is -0.481 e. The summed E-state index contributed by atoms with van der Waals surface area (Å²) in [6.07, 6.45) is 8.91. The smallest absolute Gasteiger partial charge is 0.304 e. The second-order valence-corrected chi connectivity index (χ2v) is 6.21. The summed E-state index contributed by atoms with van der Waals surface area (Å²) in [5.41, 5.74) is 3.41. The van der Waals surface area contributed by atoms with Crippen molar-refractivity contribution in [3.05, 3.63) is 66.1 Å². The lowest BCUT2D eigenvalue weighted by Crippen LogP contribution is -2.32. The van der Waals surface area contributed by atoms with Crippen LogP contribution in [-0.2, 0) is 4.79 Å². The third-order valence-electron chi connectivity index (χ3n) is 4.59. The first kappa shape index (κ1) is 16.5. The topological polar surface area (TPSA) is 53.7 Å². The number of carboxylic acids is 1. The molecule has 0 aliphatic carbocycles. The Kier molecular flexibility index (Phi) is 5.49. The highest BCUT2D eigenvalue weighted by Gasteiger charge is 2.25. The largest absolute Gasteiger partial charge is 0.481 e. The number of aliphatic carboxylic acids is 1. The third-order valence-corrected chi connectivity index (χ3v) is 4.59. The van der Waals surface area contributed by atoms with Crippen molar-refractivity contribution in [1.82, 2.24) is 4.90 Å². The number of hydrogen-bond acceptors (Lipinski definition) is 3. The summed E-state index contributed by atoms with van der Waals surface area (Å²) in [5.74, 6) is -0.703. The van der Waals surface area contributed by atoms with Crippen molar-refractivity contribution in [2.24, 2.45) is 0 Å². The van der Waals surface area contributed by atoms with Crippen LogP contribution in [0.4, 0.5) is 0 Å². The van der Waals surface area contributed by atoms with Gasteiger partial charge in [0.2, 0.25) is 0 Å². The maximum absolute atomic E-state index is 11.0. The van der Waals surface area contributed by atoms with Crippen LogP contribution in [0.5, 0.6) is 0 Å². The number of nitrogens with zero attached hydrogens (tertiary/aromatic N) is 1. The second kappa shape index (κ2) is 7.97. The number of carboxylic acid groups (broad SMARTS) is 1. The fraction of sp³-hybridized carbons (Fsp3) is 0.350. The van der Waals surface area contributed by atoms with Gasteiger partial charge in [-0.1, -0.05) is 36.4 Å². The molecule has 0 saturated carbocycles. The molecule has 1 aromatic heterocycles. The Morgan fingerprint density at radius 1 is 1.25 bits per heavy atom. The second-order valence-electron chi connectivity index (χ2n) is 6.21. The number of likely N-dealkylation sites (tertiary alicyclic amines) is 1. The molecule has 1 fully saturated rings. The molecule has 2 heterocycles. The van der Waals surface area contributed by atoms with Gasteiger partial charge in [0.15, 0.2) is 0 Å². The van der Waals surface area contributed by atoms with Crippen molar-refractivity contribution >= 4 is 11.5 Å². The molecule has 1 saturated heterocycles. The van der Waals surface area contributed by atoms with E-state index in [9.17, 15) is 4.79 Å². The summed E-state index contributed by atoms with van der Waals surface area (Å²) in [7, 11) is 0. The van der Waals surface area contributed by atoms with Gasteiger partial charge in [0.25, 0.3) is 0 Å². The standard InChI is InChI=1S/C20H23NO3/c22-20(23)14-18-8-4-11-21(18)12-5-9-19(17-10-13-24-15-17)16-6-2-1-3-7-16/h1-3,6-7,9-10,13,15,18H,4-5,8,11-12,14H2,(H,22,23)/t18-/m0/s1. The Morgan fingerprint density at radius 2 is 2.08 bits per heavy atom. The van der Waals surface area contributed by atoms with Crippen LogP contribution >= 0.6 is 0 Å². The molecule has 1 aliphatic heterocycles. The van der Waals surface area contributed by atoms with E-state index in [1.807, 2.05) is 24.3 Å². The average Bonchev–Trinajstić information content (AvgIpc) is 3.24. The van der Waals surface area contributed by atoms with Crippen LogP contribution < -0.4 is 0 Å². The zero-order valence-electron chi connectivity index (χ0n) is 13.7. The van der Waals surface area contributed by atoms with Gasteiger partial charge in [0.1, 0.15) is 0 Å². The normalized spacial score (nSPS) is 18.8. The van der Waals surface area contributed by atoms with Crippen molar-refractivity contribution in [3.63, 3.8) is 0 Å². The lowest BCUT2D eigenvalue weighted by Gasteiger charge is -2.22. The Morgan fingerprint density at radius 3 is 2.79 bits per heavy atom. The van der Waals surface area contributed by atoms with E-state index in [1.54, 1.807) is 12.5 Å². The Balaban J connectivity index is 1.69. The molecule has 0 radical (unpaired) electrons. The van der Waals surface area contributed by atoms with E-state index in [2.05, 4.69) is 23.1 Å². The molecule has 2 aromatic rings. The van der Waals surface area contributed by atoms with Crippen LogP contribution in [0.2, 0.25) is 0 Å². The van der Waals surface area contributed by atoms with E-state index in [1.165, 1.54) is 11.1 Å². The monoisotopic (exact) mass is 325 g/mol.